The lowest BCUT2D eigenvalue weighted by atomic mass is 9.78. The van der Waals surface area contributed by atoms with Crippen LogP contribution in [0.4, 0.5) is 13.2 Å². The second-order valence-corrected chi connectivity index (χ2v) is 16.1. The van der Waals surface area contributed by atoms with Crippen LogP contribution in [0.25, 0.3) is 16.3 Å². The molecule has 1 atom stereocenters. The Hall–Kier alpha value is -1.90. The summed E-state index contributed by atoms with van der Waals surface area (Å²) >= 11 is 0. The summed E-state index contributed by atoms with van der Waals surface area (Å²) in [4.78, 5) is 0. The highest BCUT2D eigenvalue weighted by atomic mass is 32.2. The third-order valence-electron chi connectivity index (χ3n) is 6.53. The van der Waals surface area contributed by atoms with Gasteiger partial charge in [0, 0.05) is 0 Å². The van der Waals surface area contributed by atoms with Crippen LogP contribution in [0.5, 0.6) is 0 Å². The summed E-state index contributed by atoms with van der Waals surface area (Å²) in [7, 11) is -7.34. The van der Waals surface area contributed by atoms with E-state index in [1.54, 1.807) is 19.1 Å². The Morgan fingerprint density at radius 1 is 0.886 bits per heavy atom. The maximum Gasteiger partial charge on any atom is 0.523 e. The second-order valence-electron chi connectivity index (χ2n) is 11.7. The Morgan fingerprint density at radius 2 is 1.40 bits per heavy atom. The number of hydrogen-bond donors (Lipinski definition) is 0. The molecule has 0 heterocycles. The topological polar surface area (TPSA) is 43.4 Å². The Bertz CT molecular complexity index is 1250. The van der Waals surface area contributed by atoms with Crippen molar-refractivity contribution in [1.29, 1.82) is 0 Å². The van der Waals surface area contributed by atoms with E-state index in [9.17, 15) is 21.6 Å². The lowest BCUT2D eigenvalue weighted by Gasteiger charge is -2.27. The van der Waals surface area contributed by atoms with Crippen LogP contribution in [0.1, 0.15) is 76.8 Å². The van der Waals surface area contributed by atoms with Crippen molar-refractivity contribution in [3.63, 3.8) is 0 Å². The van der Waals surface area contributed by atoms with Gasteiger partial charge in [-0.1, -0.05) is 96.2 Å². The lowest BCUT2D eigenvalue weighted by molar-refractivity contribution is -0.0562. The van der Waals surface area contributed by atoms with Gasteiger partial charge >= 0.3 is 15.6 Å². The summed E-state index contributed by atoms with van der Waals surface area (Å²) < 4.78 is 68.3. The molecule has 0 radical (unpaired) electrons. The first kappa shape index (κ1) is 27.7. The van der Waals surface area contributed by atoms with Crippen LogP contribution in [-0.2, 0) is 25.1 Å². The molecule has 2 aromatic rings. The number of benzene rings is 2. The first-order valence-electron chi connectivity index (χ1n) is 11.8. The van der Waals surface area contributed by atoms with Crippen LogP contribution in [0.3, 0.4) is 0 Å². The smallest absolute Gasteiger partial charge is 0.250 e. The van der Waals surface area contributed by atoms with Gasteiger partial charge in [0.25, 0.3) is 0 Å². The van der Waals surface area contributed by atoms with Crippen molar-refractivity contribution < 1.29 is 25.8 Å². The van der Waals surface area contributed by atoms with E-state index in [4.69, 9.17) is 4.18 Å². The third-order valence-corrected chi connectivity index (χ3v) is 9.44. The van der Waals surface area contributed by atoms with E-state index in [0.717, 1.165) is 33.0 Å². The van der Waals surface area contributed by atoms with Crippen LogP contribution >= 0.6 is 0 Å². The minimum absolute atomic E-state index is 0.109. The molecule has 0 fully saturated rings. The van der Waals surface area contributed by atoms with Gasteiger partial charge in [0.05, 0.1) is 8.80 Å². The average Bonchev–Trinajstić information content (AvgIpc) is 2.97. The highest BCUT2D eigenvalue weighted by Gasteiger charge is 2.50. The van der Waals surface area contributed by atoms with Crippen LogP contribution in [-0.4, -0.2) is 22.7 Å². The molecule has 1 aliphatic carbocycles. The number of alkyl halides is 3. The molecule has 3 rings (SSSR count). The lowest BCUT2D eigenvalue weighted by Crippen LogP contribution is -2.27. The standard InChI is InChI=1S/C27H35F3O3SSi/c1-16-23(33-34(31,32)27(28,29)30)21-12-10-11-20(22(21)24(16)35(8)9)17-13-18(25(2,3)4)15-19(14-17)26(5,6)7/h10-15,23,35H,1-9H3. The van der Waals surface area contributed by atoms with Crippen molar-refractivity contribution in [3.05, 3.63) is 64.2 Å². The zero-order valence-electron chi connectivity index (χ0n) is 21.9. The molecule has 0 aromatic heterocycles. The Labute approximate surface area is 209 Å². The summed E-state index contributed by atoms with van der Waals surface area (Å²) in [5.74, 6) is 0. The summed E-state index contributed by atoms with van der Waals surface area (Å²) in [5.41, 5.74) is 0.324. The van der Waals surface area contributed by atoms with Crippen molar-refractivity contribution in [1.82, 2.24) is 0 Å². The summed E-state index contributed by atoms with van der Waals surface area (Å²) in [5, 5.41) is 0.955. The second kappa shape index (κ2) is 8.89. The molecule has 8 heteroatoms. The first-order chi connectivity index (χ1) is 15.8. The van der Waals surface area contributed by atoms with Gasteiger partial charge in [-0.3, -0.25) is 4.18 Å². The average molecular weight is 525 g/mol. The van der Waals surface area contributed by atoms with Gasteiger partial charge in [-0.25, -0.2) is 0 Å². The highest BCUT2D eigenvalue weighted by molar-refractivity contribution is 7.87. The summed E-state index contributed by atoms with van der Waals surface area (Å²) in [6.45, 7) is 18.8. The Balaban J connectivity index is 2.32. The maximum atomic E-state index is 13.2. The Morgan fingerprint density at radius 3 is 1.83 bits per heavy atom. The number of fused-ring (bicyclic) bond motifs is 1. The zero-order chi connectivity index (χ0) is 26.7. The zero-order valence-corrected chi connectivity index (χ0v) is 23.9. The summed E-state index contributed by atoms with van der Waals surface area (Å²) in [6, 6.07) is 11.9. The molecule has 1 aliphatic rings. The minimum atomic E-state index is -5.75. The van der Waals surface area contributed by atoms with E-state index >= 15 is 0 Å². The maximum absolute atomic E-state index is 13.2. The van der Waals surface area contributed by atoms with Crippen LogP contribution in [0.2, 0.25) is 13.1 Å². The van der Waals surface area contributed by atoms with Gasteiger partial charge < -0.3 is 0 Å². The third kappa shape index (κ3) is 5.30. The molecule has 0 saturated heterocycles. The van der Waals surface area contributed by atoms with E-state index in [-0.39, 0.29) is 10.8 Å². The molecule has 3 nitrogen and oxygen atoms in total. The van der Waals surface area contributed by atoms with E-state index in [1.165, 1.54) is 0 Å². The van der Waals surface area contributed by atoms with E-state index in [1.807, 2.05) is 6.07 Å². The van der Waals surface area contributed by atoms with Crippen molar-refractivity contribution in [2.75, 3.05) is 0 Å². The molecular weight excluding hydrogens is 489 g/mol. The molecule has 192 valence electrons. The van der Waals surface area contributed by atoms with E-state index in [0.29, 0.717) is 11.1 Å². The van der Waals surface area contributed by atoms with E-state index in [2.05, 4.69) is 72.8 Å². The van der Waals surface area contributed by atoms with Gasteiger partial charge in [0.15, 0.2) is 0 Å². The molecule has 2 aromatic carbocycles. The Kier molecular flexibility index (Phi) is 7.03. The van der Waals surface area contributed by atoms with Crippen molar-refractivity contribution >= 4 is 24.1 Å². The van der Waals surface area contributed by atoms with Gasteiger partial charge in [-0.15, -0.1) is 0 Å². The van der Waals surface area contributed by atoms with Crippen LogP contribution < -0.4 is 0 Å². The van der Waals surface area contributed by atoms with Crippen LogP contribution in [0, 0.1) is 0 Å². The van der Waals surface area contributed by atoms with Gasteiger partial charge in [0.1, 0.15) is 6.10 Å². The molecular formula is C27H35F3O3SSi. The SMILES string of the molecule is CC1=C([SiH](C)C)c2c(-c3cc(C(C)(C)C)cc(C(C)(C)C)c3)cccc2C1OS(=O)(=O)C(F)(F)F. The highest BCUT2D eigenvalue weighted by Crippen LogP contribution is 2.49. The largest absolute Gasteiger partial charge is 0.523 e. The van der Waals surface area contributed by atoms with Crippen molar-refractivity contribution in [3.8, 4) is 11.1 Å². The molecule has 0 N–H and O–H groups in total. The molecule has 0 amide bonds. The van der Waals surface area contributed by atoms with Gasteiger partial charge in [0.2, 0.25) is 0 Å². The first-order valence-corrected chi connectivity index (χ1v) is 16.0. The minimum Gasteiger partial charge on any atom is -0.250 e. The fourth-order valence-corrected chi connectivity index (χ4v) is 7.17. The predicted molar refractivity (Wildman–Crippen MR) is 140 cm³/mol. The fourth-order valence-electron chi connectivity index (χ4n) is 4.60. The molecule has 35 heavy (non-hydrogen) atoms. The molecule has 0 saturated carbocycles. The number of rotatable bonds is 4. The van der Waals surface area contributed by atoms with Crippen molar-refractivity contribution in [2.24, 2.45) is 0 Å². The van der Waals surface area contributed by atoms with Gasteiger partial charge in [-0.2, -0.15) is 21.6 Å². The monoisotopic (exact) mass is 524 g/mol. The molecule has 0 aliphatic heterocycles. The van der Waals surface area contributed by atoms with Gasteiger partial charge in [-0.05, 0) is 56.7 Å². The normalized spacial score (nSPS) is 17.3. The predicted octanol–water partition coefficient (Wildman–Crippen LogP) is 7.67. The number of hydrogen-bond acceptors (Lipinski definition) is 3. The quantitative estimate of drug-likeness (QED) is 0.234. The van der Waals surface area contributed by atoms with Crippen LogP contribution in [0.15, 0.2) is 42.0 Å². The summed E-state index contributed by atoms with van der Waals surface area (Å²) in [6.07, 6.45) is -1.28. The van der Waals surface area contributed by atoms with E-state index < -0.39 is 30.5 Å². The molecule has 1 unspecified atom stereocenters. The number of halogens is 3. The molecule has 0 bridgehead atoms. The fraction of sp³-hybridized carbons (Fsp3) is 0.481. The molecule has 0 spiro atoms. The van der Waals surface area contributed by atoms with Crippen molar-refractivity contribution in [2.45, 2.75) is 84.0 Å².